The quantitative estimate of drug-likeness (QED) is 0.841. The minimum atomic E-state index is -0.111. The Labute approximate surface area is 104 Å². The zero-order valence-electron chi connectivity index (χ0n) is 9.98. The fourth-order valence-electron chi connectivity index (χ4n) is 2.20. The lowest BCUT2D eigenvalue weighted by atomic mass is 10.1. The molecule has 1 saturated heterocycles. The third-order valence-electron chi connectivity index (χ3n) is 3.11. The molecule has 1 aliphatic heterocycles. The van der Waals surface area contributed by atoms with E-state index in [1.54, 1.807) is 6.07 Å². The first-order valence-electron chi connectivity index (χ1n) is 6.16. The normalized spacial score (nSPS) is 19.9. The van der Waals surface area contributed by atoms with Crippen molar-refractivity contribution in [2.75, 3.05) is 18.5 Å². The first-order valence-corrected chi connectivity index (χ1v) is 6.16. The van der Waals surface area contributed by atoms with Gasteiger partial charge in [0, 0.05) is 6.61 Å². The third kappa shape index (κ3) is 2.22. The maximum Gasteiger partial charge on any atom is 0.260 e. The number of H-pyrrole nitrogens is 1. The summed E-state index contributed by atoms with van der Waals surface area (Å²) in [5.74, 6) is 0.522. The second kappa shape index (κ2) is 4.78. The fraction of sp³-hybridized carbons (Fsp3) is 0.385. The van der Waals surface area contributed by atoms with Crippen LogP contribution >= 0.6 is 0 Å². The monoisotopic (exact) mass is 245 g/mol. The standard InChI is InChI=1S/C13H15N3O2/c17-12-10-5-1-2-6-11(10)15-13(16-12)14-9-4-3-7-18-8-9/h1-2,5-6,9H,3-4,7-8H2,(H2,14,15,16,17)/t9-/m1/s1. The van der Waals surface area contributed by atoms with Crippen LogP contribution in [0.25, 0.3) is 10.9 Å². The Balaban J connectivity index is 1.90. The van der Waals surface area contributed by atoms with Crippen LogP contribution in [0.15, 0.2) is 29.1 Å². The van der Waals surface area contributed by atoms with Crippen molar-refractivity contribution < 1.29 is 4.74 Å². The van der Waals surface area contributed by atoms with Gasteiger partial charge in [-0.2, -0.15) is 0 Å². The third-order valence-corrected chi connectivity index (χ3v) is 3.11. The molecule has 0 unspecified atom stereocenters. The Morgan fingerprint density at radius 2 is 2.28 bits per heavy atom. The van der Waals surface area contributed by atoms with Crippen molar-refractivity contribution in [3.05, 3.63) is 34.6 Å². The number of hydrogen-bond donors (Lipinski definition) is 2. The van der Waals surface area contributed by atoms with Crippen LogP contribution in [0.3, 0.4) is 0 Å². The van der Waals surface area contributed by atoms with E-state index in [-0.39, 0.29) is 11.6 Å². The van der Waals surface area contributed by atoms with Gasteiger partial charge in [-0.25, -0.2) is 4.98 Å². The van der Waals surface area contributed by atoms with Gasteiger partial charge in [-0.1, -0.05) is 12.1 Å². The number of nitrogens with zero attached hydrogens (tertiary/aromatic N) is 1. The van der Waals surface area contributed by atoms with Gasteiger partial charge in [0.25, 0.3) is 5.56 Å². The van der Waals surface area contributed by atoms with E-state index in [9.17, 15) is 4.79 Å². The Morgan fingerprint density at radius 3 is 3.11 bits per heavy atom. The van der Waals surface area contributed by atoms with Gasteiger partial charge in [0.15, 0.2) is 0 Å². The number of benzene rings is 1. The van der Waals surface area contributed by atoms with E-state index in [0.29, 0.717) is 23.5 Å². The maximum atomic E-state index is 11.9. The first-order chi connectivity index (χ1) is 8.83. The summed E-state index contributed by atoms with van der Waals surface area (Å²) in [7, 11) is 0. The minimum absolute atomic E-state index is 0.111. The number of ether oxygens (including phenoxy) is 1. The number of nitrogens with one attached hydrogen (secondary N) is 2. The van der Waals surface area contributed by atoms with Crippen molar-refractivity contribution in [2.45, 2.75) is 18.9 Å². The van der Waals surface area contributed by atoms with Gasteiger partial charge in [0.2, 0.25) is 5.95 Å². The molecule has 1 aromatic carbocycles. The summed E-state index contributed by atoms with van der Waals surface area (Å²) in [6, 6.07) is 7.55. The van der Waals surface area contributed by atoms with Crippen LogP contribution in [-0.2, 0) is 4.74 Å². The number of rotatable bonds is 2. The molecule has 0 radical (unpaired) electrons. The summed E-state index contributed by atoms with van der Waals surface area (Å²) in [5, 5.41) is 3.84. The van der Waals surface area contributed by atoms with Crippen LogP contribution < -0.4 is 10.9 Å². The molecule has 18 heavy (non-hydrogen) atoms. The molecule has 94 valence electrons. The number of hydrogen-bond acceptors (Lipinski definition) is 4. The Hall–Kier alpha value is -1.88. The highest BCUT2D eigenvalue weighted by atomic mass is 16.5. The van der Waals surface area contributed by atoms with Crippen LogP contribution in [0.5, 0.6) is 0 Å². The summed E-state index contributed by atoms with van der Waals surface area (Å²) in [4.78, 5) is 19.0. The maximum absolute atomic E-state index is 11.9. The lowest BCUT2D eigenvalue weighted by Gasteiger charge is -2.23. The predicted molar refractivity (Wildman–Crippen MR) is 69.8 cm³/mol. The molecule has 0 saturated carbocycles. The Kier molecular flexibility index (Phi) is 2.98. The highest BCUT2D eigenvalue weighted by Gasteiger charge is 2.14. The second-order valence-corrected chi connectivity index (χ2v) is 4.49. The average Bonchev–Trinajstić information content (AvgIpc) is 2.40. The van der Waals surface area contributed by atoms with Crippen molar-refractivity contribution in [3.8, 4) is 0 Å². The molecule has 1 atom stereocenters. The fourth-order valence-corrected chi connectivity index (χ4v) is 2.20. The number of fused-ring (bicyclic) bond motifs is 1. The summed E-state index contributed by atoms with van der Waals surface area (Å²) in [5.41, 5.74) is 0.598. The molecule has 0 aliphatic carbocycles. The zero-order valence-corrected chi connectivity index (χ0v) is 9.98. The van der Waals surface area contributed by atoms with Gasteiger partial charge in [-0.05, 0) is 25.0 Å². The molecule has 1 aliphatic rings. The van der Waals surface area contributed by atoms with E-state index < -0.39 is 0 Å². The van der Waals surface area contributed by atoms with E-state index in [4.69, 9.17) is 4.74 Å². The van der Waals surface area contributed by atoms with E-state index in [1.165, 1.54) is 0 Å². The molecule has 2 aromatic rings. The molecule has 5 heteroatoms. The van der Waals surface area contributed by atoms with E-state index in [2.05, 4.69) is 15.3 Å². The van der Waals surface area contributed by atoms with Crippen LogP contribution in [0.4, 0.5) is 5.95 Å². The van der Waals surface area contributed by atoms with Gasteiger partial charge in [-0.15, -0.1) is 0 Å². The van der Waals surface area contributed by atoms with Crippen molar-refractivity contribution in [1.29, 1.82) is 0 Å². The molecule has 3 rings (SSSR count). The highest BCUT2D eigenvalue weighted by molar-refractivity contribution is 5.78. The number of para-hydroxylation sites is 1. The molecule has 2 heterocycles. The van der Waals surface area contributed by atoms with Gasteiger partial charge >= 0.3 is 0 Å². The van der Waals surface area contributed by atoms with Crippen molar-refractivity contribution in [1.82, 2.24) is 9.97 Å². The topological polar surface area (TPSA) is 67.0 Å². The highest BCUT2D eigenvalue weighted by Crippen LogP contribution is 2.12. The molecular weight excluding hydrogens is 230 g/mol. The lowest BCUT2D eigenvalue weighted by Crippen LogP contribution is -2.31. The molecule has 1 aromatic heterocycles. The summed E-state index contributed by atoms with van der Waals surface area (Å²) in [6.07, 6.45) is 2.08. The summed E-state index contributed by atoms with van der Waals surface area (Å²) in [6.45, 7) is 1.48. The van der Waals surface area contributed by atoms with E-state index >= 15 is 0 Å². The van der Waals surface area contributed by atoms with Gasteiger partial charge in [-0.3, -0.25) is 9.78 Å². The zero-order chi connectivity index (χ0) is 12.4. The molecular formula is C13H15N3O2. The minimum Gasteiger partial charge on any atom is -0.379 e. The number of aromatic amines is 1. The summed E-state index contributed by atoms with van der Waals surface area (Å²) < 4.78 is 5.39. The van der Waals surface area contributed by atoms with Gasteiger partial charge in [0.1, 0.15) is 0 Å². The molecule has 1 fully saturated rings. The van der Waals surface area contributed by atoms with Crippen molar-refractivity contribution >= 4 is 16.9 Å². The first kappa shape index (κ1) is 11.2. The van der Waals surface area contributed by atoms with Crippen LogP contribution in [-0.4, -0.2) is 29.2 Å². The summed E-state index contributed by atoms with van der Waals surface area (Å²) >= 11 is 0. The largest absolute Gasteiger partial charge is 0.379 e. The van der Waals surface area contributed by atoms with E-state index in [0.717, 1.165) is 19.4 Å². The van der Waals surface area contributed by atoms with Gasteiger partial charge < -0.3 is 10.1 Å². The van der Waals surface area contributed by atoms with Crippen LogP contribution in [0, 0.1) is 0 Å². The molecule has 2 N–H and O–H groups in total. The Bertz CT molecular complexity index is 602. The number of aromatic nitrogens is 2. The average molecular weight is 245 g/mol. The Morgan fingerprint density at radius 1 is 1.39 bits per heavy atom. The van der Waals surface area contributed by atoms with E-state index in [1.807, 2.05) is 18.2 Å². The smallest absolute Gasteiger partial charge is 0.260 e. The predicted octanol–water partition coefficient (Wildman–Crippen LogP) is 1.51. The SMILES string of the molecule is O=c1[nH]c(N[C@@H]2CCCOC2)nc2ccccc12. The second-order valence-electron chi connectivity index (χ2n) is 4.49. The molecule has 5 nitrogen and oxygen atoms in total. The molecule has 0 bridgehead atoms. The lowest BCUT2D eigenvalue weighted by molar-refractivity contribution is 0.0874. The molecule has 0 spiro atoms. The number of anilines is 1. The van der Waals surface area contributed by atoms with Crippen molar-refractivity contribution in [2.24, 2.45) is 0 Å². The molecule has 0 amide bonds. The van der Waals surface area contributed by atoms with Crippen LogP contribution in [0.2, 0.25) is 0 Å². The van der Waals surface area contributed by atoms with Crippen molar-refractivity contribution in [3.63, 3.8) is 0 Å². The van der Waals surface area contributed by atoms with Gasteiger partial charge in [0.05, 0.1) is 23.6 Å². The van der Waals surface area contributed by atoms with Crippen LogP contribution in [0.1, 0.15) is 12.8 Å².